The van der Waals surface area contributed by atoms with Gasteiger partial charge in [-0.25, -0.2) is 0 Å². The van der Waals surface area contributed by atoms with E-state index in [9.17, 15) is 0 Å². The molecule has 2 unspecified atom stereocenters. The summed E-state index contributed by atoms with van der Waals surface area (Å²) in [7, 11) is 2.00. The van der Waals surface area contributed by atoms with Gasteiger partial charge in [-0.05, 0) is 31.7 Å². The highest BCUT2D eigenvalue weighted by molar-refractivity contribution is 6.31. The zero-order valence-corrected chi connectivity index (χ0v) is 14.4. The van der Waals surface area contributed by atoms with Gasteiger partial charge in [0, 0.05) is 19.5 Å². The number of hydrogen-bond donors (Lipinski definition) is 1. The molecular weight excluding hydrogens is 270 g/mol. The van der Waals surface area contributed by atoms with E-state index in [2.05, 4.69) is 38.1 Å². The van der Waals surface area contributed by atoms with E-state index >= 15 is 0 Å². The Bertz CT molecular complexity index is 401. The van der Waals surface area contributed by atoms with Crippen molar-refractivity contribution in [3.05, 3.63) is 16.4 Å². The van der Waals surface area contributed by atoms with Gasteiger partial charge in [0.1, 0.15) is 0 Å². The van der Waals surface area contributed by atoms with E-state index in [1.165, 1.54) is 18.5 Å². The van der Waals surface area contributed by atoms with Crippen LogP contribution < -0.4 is 5.32 Å². The molecule has 0 aliphatic heterocycles. The van der Waals surface area contributed by atoms with Crippen LogP contribution in [0.4, 0.5) is 0 Å². The molecule has 1 rings (SSSR count). The first-order chi connectivity index (χ1) is 9.53. The maximum atomic E-state index is 6.47. The van der Waals surface area contributed by atoms with Crippen LogP contribution in [0.3, 0.4) is 0 Å². The van der Waals surface area contributed by atoms with Crippen molar-refractivity contribution in [3.8, 4) is 0 Å². The van der Waals surface area contributed by atoms with Gasteiger partial charge in [-0.15, -0.1) is 0 Å². The van der Waals surface area contributed by atoms with Crippen molar-refractivity contribution in [1.82, 2.24) is 15.1 Å². The summed E-state index contributed by atoms with van der Waals surface area (Å²) in [5, 5.41) is 9.05. The zero-order chi connectivity index (χ0) is 15.1. The van der Waals surface area contributed by atoms with Gasteiger partial charge >= 0.3 is 0 Å². The third kappa shape index (κ3) is 4.78. The van der Waals surface area contributed by atoms with Gasteiger partial charge < -0.3 is 5.32 Å². The first-order valence-electron chi connectivity index (χ1n) is 7.96. The lowest BCUT2D eigenvalue weighted by molar-refractivity contribution is 0.386. The number of nitrogens with one attached hydrogen (secondary N) is 1. The third-order valence-corrected chi connectivity index (χ3v) is 4.45. The molecule has 0 amide bonds. The minimum atomic E-state index is 0.488. The number of aryl methyl sites for hydroxylation is 2. The first kappa shape index (κ1) is 17.5. The van der Waals surface area contributed by atoms with Crippen molar-refractivity contribution >= 4 is 11.6 Å². The van der Waals surface area contributed by atoms with Gasteiger partial charge in [-0.2, -0.15) is 5.10 Å². The number of rotatable bonds is 9. The highest BCUT2D eigenvalue weighted by Crippen LogP contribution is 2.23. The molecule has 0 aliphatic carbocycles. The van der Waals surface area contributed by atoms with Crippen LogP contribution in [0.25, 0.3) is 0 Å². The van der Waals surface area contributed by atoms with Crippen LogP contribution in [0.5, 0.6) is 0 Å². The van der Waals surface area contributed by atoms with Crippen LogP contribution in [0.15, 0.2) is 0 Å². The number of hydrogen-bond acceptors (Lipinski definition) is 2. The Hall–Kier alpha value is -0.540. The van der Waals surface area contributed by atoms with Crippen LogP contribution in [-0.4, -0.2) is 22.4 Å². The summed E-state index contributed by atoms with van der Waals surface area (Å²) in [5.41, 5.74) is 2.18. The second-order valence-corrected chi connectivity index (χ2v) is 6.17. The molecule has 2 atom stereocenters. The molecule has 0 saturated heterocycles. The molecule has 0 aromatic carbocycles. The largest absolute Gasteiger partial charge is 0.314 e. The summed E-state index contributed by atoms with van der Waals surface area (Å²) in [6.45, 7) is 9.96. The standard InChI is InChI=1S/C16H30ClN3/c1-6-9-18-13(10-12(4)7-2)11-15-16(17)14(8-3)19-20(15)5/h12-13,18H,6-11H2,1-5H3. The molecule has 0 spiro atoms. The Morgan fingerprint density at radius 1 is 1.30 bits per heavy atom. The Morgan fingerprint density at radius 2 is 2.00 bits per heavy atom. The summed E-state index contributed by atoms with van der Waals surface area (Å²) >= 11 is 6.47. The van der Waals surface area contributed by atoms with E-state index in [1.807, 2.05) is 11.7 Å². The van der Waals surface area contributed by atoms with E-state index in [4.69, 9.17) is 11.6 Å². The number of aromatic nitrogens is 2. The van der Waals surface area contributed by atoms with E-state index in [1.54, 1.807) is 0 Å². The first-order valence-corrected chi connectivity index (χ1v) is 8.34. The number of halogens is 1. The van der Waals surface area contributed by atoms with Gasteiger partial charge in [0.25, 0.3) is 0 Å². The minimum Gasteiger partial charge on any atom is -0.314 e. The zero-order valence-electron chi connectivity index (χ0n) is 13.7. The van der Waals surface area contributed by atoms with E-state index in [-0.39, 0.29) is 0 Å². The maximum absolute atomic E-state index is 6.47. The molecule has 0 bridgehead atoms. The van der Waals surface area contributed by atoms with Crippen molar-refractivity contribution in [2.75, 3.05) is 6.54 Å². The molecule has 0 fully saturated rings. The molecule has 4 heteroatoms. The molecule has 1 aromatic heterocycles. The lowest BCUT2D eigenvalue weighted by atomic mass is 9.96. The maximum Gasteiger partial charge on any atom is 0.0850 e. The van der Waals surface area contributed by atoms with E-state index < -0.39 is 0 Å². The predicted octanol–water partition coefficient (Wildman–Crippen LogP) is 3.98. The lowest BCUT2D eigenvalue weighted by Gasteiger charge is -2.22. The normalized spacial score (nSPS) is 14.5. The van der Waals surface area contributed by atoms with Crippen LogP contribution >= 0.6 is 11.6 Å². The average Bonchev–Trinajstić information content (AvgIpc) is 2.71. The second kappa shape index (κ2) is 8.68. The fraction of sp³-hybridized carbons (Fsp3) is 0.812. The Kier molecular flexibility index (Phi) is 7.60. The van der Waals surface area contributed by atoms with Gasteiger partial charge in [-0.1, -0.05) is 45.7 Å². The highest BCUT2D eigenvalue weighted by atomic mass is 35.5. The van der Waals surface area contributed by atoms with Crippen molar-refractivity contribution in [2.24, 2.45) is 13.0 Å². The van der Waals surface area contributed by atoms with Crippen LogP contribution in [-0.2, 0) is 19.9 Å². The predicted molar refractivity (Wildman–Crippen MR) is 87.5 cm³/mol. The van der Waals surface area contributed by atoms with Crippen LogP contribution in [0, 0.1) is 5.92 Å². The summed E-state index contributed by atoms with van der Waals surface area (Å²) in [6.07, 6.45) is 5.44. The fourth-order valence-electron chi connectivity index (χ4n) is 2.51. The Balaban J connectivity index is 2.80. The summed E-state index contributed by atoms with van der Waals surface area (Å²) in [4.78, 5) is 0. The molecule has 0 radical (unpaired) electrons. The van der Waals surface area contributed by atoms with Crippen LogP contribution in [0.2, 0.25) is 5.02 Å². The topological polar surface area (TPSA) is 29.9 Å². The van der Waals surface area contributed by atoms with Crippen molar-refractivity contribution in [2.45, 2.75) is 65.8 Å². The lowest BCUT2D eigenvalue weighted by Crippen LogP contribution is -2.34. The third-order valence-electron chi connectivity index (χ3n) is 4.01. The smallest absolute Gasteiger partial charge is 0.0850 e. The van der Waals surface area contributed by atoms with Crippen LogP contribution in [0.1, 0.15) is 58.3 Å². The van der Waals surface area contributed by atoms with Gasteiger partial charge in [0.05, 0.1) is 16.4 Å². The summed E-state index contributed by atoms with van der Waals surface area (Å²) in [6, 6.07) is 0.488. The molecule has 1 heterocycles. The van der Waals surface area contributed by atoms with Crippen molar-refractivity contribution in [3.63, 3.8) is 0 Å². The van der Waals surface area contributed by atoms with Gasteiger partial charge in [-0.3, -0.25) is 4.68 Å². The molecule has 3 nitrogen and oxygen atoms in total. The average molecular weight is 300 g/mol. The second-order valence-electron chi connectivity index (χ2n) is 5.79. The molecular formula is C16H30ClN3. The van der Waals surface area contributed by atoms with Gasteiger partial charge in [0.15, 0.2) is 0 Å². The van der Waals surface area contributed by atoms with Gasteiger partial charge in [0.2, 0.25) is 0 Å². The quantitative estimate of drug-likeness (QED) is 0.747. The molecule has 1 aromatic rings. The van der Waals surface area contributed by atoms with E-state index in [0.717, 1.165) is 42.4 Å². The molecule has 20 heavy (non-hydrogen) atoms. The van der Waals surface area contributed by atoms with E-state index in [0.29, 0.717) is 6.04 Å². The minimum absolute atomic E-state index is 0.488. The Labute approximate surface area is 129 Å². The summed E-state index contributed by atoms with van der Waals surface area (Å²) < 4.78 is 1.96. The highest BCUT2D eigenvalue weighted by Gasteiger charge is 2.19. The fourth-order valence-corrected chi connectivity index (χ4v) is 2.89. The molecule has 1 N–H and O–H groups in total. The SMILES string of the molecule is CCCNC(Cc1c(Cl)c(CC)nn1C)CC(C)CC. The van der Waals surface area contributed by atoms with Crippen molar-refractivity contribution in [1.29, 1.82) is 0 Å². The number of nitrogens with zero attached hydrogens (tertiary/aromatic N) is 2. The monoisotopic (exact) mass is 299 g/mol. The Morgan fingerprint density at radius 3 is 2.50 bits per heavy atom. The summed E-state index contributed by atoms with van der Waals surface area (Å²) in [5.74, 6) is 0.738. The molecule has 0 aliphatic rings. The molecule has 0 saturated carbocycles. The molecule has 116 valence electrons. The van der Waals surface area contributed by atoms with Crippen molar-refractivity contribution < 1.29 is 0 Å².